The number of carboxylic acid groups (broad SMARTS) is 1. The third-order valence-electron chi connectivity index (χ3n) is 2.28. The van der Waals surface area contributed by atoms with Gasteiger partial charge in [-0.05, 0) is 47.0 Å². The van der Waals surface area contributed by atoms with Crippen LogP contribution < -0.4 is 0 Å². The SMILES string of the molecule is CC(C=CCOC(=O)C(=O)O)CC(C)(C)OOC(C)(C)C. The molecule has 122 valence electrons. The molecule has 0 aliphatic carbocycles. The number of allylic oxidation sites excluding steroid dienone is 1. The van der Waals surface area contributed by atoms with Gasteiger partial charge in [-0.3, -0.25) is 0 Å². The summed E-state index contributed by atoms with van der Waals surface area (Å²) in [5.74, 6) is -2.69. The Morgan fingerprint density at radius 1 is 1.14 bits per heavy atom. The Labute approximate surface area is 126 Å². The van der Waals surface area contributed by atoms with Crippen molar-refractivity contribution in [3.05, 3.63) is 12.2 Å². The van der Waals surface area contributed by atoms with Gasteiger partial charge >= 0.3 is 11.9 Å². The van der Waals surface area contributed by atoms with Crippen LogP contribution in [0.25, 0.3) is 0 Å². The molecule has 1 unspecified atom stereocenters. The Morgan fingerprint density at radius 3 is 2.19 bits per heavy atom. The lowest BCUT2D eigenvalue weighted by atomic mass is 9.94. The van der Waals surface area contributed by atoms with Crippen molar-refractivity contribution in [2.45, 2.75) is 59.2 Å². The summed E-state index contributed by atoms with van der Waals surface area (Å²) < 4.78 is 4.49. The normalized spacial score (nSPS) is 14.2. The second-order valence-corrected chi connectivity index (χ2v) is 6.55. The number of carbonyl (C=O) groups is 2. The fourth-order valence-corrected chi connectivity index (χ4v) is 1.59. The maximum absolute atomic E-state index is 10.7. The van der Waals surface area contributed by atoms with Crippen LogP contribution in [0, 0.1) is 5.92 Å². The molecule has 6 nitrogen and oxygen atoms in total. The van der Waals surface area contributed by atoms with Gasteiger partial charge in [-0.15, -0.1) is 0 Å². The summed E-state index contributed by atoms with van der Waals surface area (Å²) in [4.78, 5) is 31.7. The van der Waals surface area contributed by atoms with E-state index in [4.69, 9.17) is 14.9 Å². The summed E-state index contributed by atoms with van der Waals surface area (Å²) in [6, 6.07) is 0. The Kier molecular flexibility index (Phi) is 7.60. The maximum atomic E-state index is 10.7. The van der Waals surface area contributed by atoms with Crippen molar-refractivity contribution < 1.29 is 29.2 Å². The molecule has 1 N–H and O–H groups in total. The monoisotopic (exact) mass is 302 g/mol. The lowest BCUT2D eigenvalue weighted by Gasteiger charge is -2.29. The van der Waals surface area contributed by atoms with Crippen LogP contribution in [-0.2, 0) is 24.1 Å². The summed E-state index contributed by atoms with van der Waals surface area (Å²) in [5, 5.41) is 8.34. The zero-order valence-corrected chi connectivity index (χ0v) is 13.6. The topological polar surface area (TPSA) is 82.1 Å². The number of carbonyl (C=O) groups excluding carboxylic acids is 1. The molecule has 0 aromatic carbocycles. The first-order chi connectivity index (χ1) is 9.43. The van der Waals surface area contributed by atoms with Crippen molar-refractivity contribution in [2.75, 3.05) is 6.61 Å². The van der Waals surface area contributed by atoms with Gasteiger partial charge in [0, 0.05) is 0 Å². The molecular weight excluding hydrogens is 276 g/mol. The first-order valence-electron chi connectivity index (χ1n) is 6.86. The van der Waals surface area contributed by atoms with Crippen molar-refractivity contribution in [1.82, 2.24) is 0 Å². The van der Waals surface area contributed by atoms with E-state index in [9.17, 15) is 9.59 Å². The minimum atomic E-state index is -1.59. The summed E-state index contributed by atoms with van der Waals surface area (Å²) in [5.41, 5.74) is -0.837. The highest BCUT2D eigenvalue weighted by atomic mass is 17.2. The quantitative estimate of drug-likeness (QED) is 0.256. The molecule has 0 heterocycles. The van der Waals surface area contributed by atoms with Gasteiger partial charge in [-0.25, -0.2) is 19.4 Å². The van der Waals surface area contributed by atoms with Gasteiger partial charge < -0.3 is 9.84 Å². The third kappa shape index (κ3) is 11.0. The summed E-state index contributed by atoms with van der Waals surface area (Å²) in [6.07, 6.45) is 4.16. The molecule has 0 saturated heterocycles. The number of hydrogen-bond donors (Lipinski definition) is 1. The highest BCUT2D eigenvalue weighted by Gasteiger charge is 2.25. The van der Waals surface area contributed by atoms with Gasteiger partial charge in [0.2, 0.25) is 0 Å². The number of carboxylic acids is 1. The molecule has 0 fully saturated rings. The average Bonchev–Trinajstić information content (AvgIpc) is 2.30. The van der Waals surface area contributed by atoms with Gasteiger partial charge in [0.05, 0.1) is 11.2 Å². The minimum Gasteiger partial charge on any atom is -0.473 e. The second kappa shape index (κ2) is 8.14. The number of aliphatic carboxylic acids is 1. The highest BCUT2D eigenvalue weighted by Crippen LogP contribution is 2.24. The predicted molar refractivity (Wildman–Crippen MR) is 77.5 cm³/mol. The Hall–Kier alpha value is -1.40. The van der Waals surface area contributed by atoms with E-state index in [1.165, 1.54) is 0 Å². The van der Waals surface area contributed by atoms with Crippen molar-refractivity contribution >= 4 is 11.9 Å². The number of esters is 1. The zero-order chi connectivity index (χ0) is 16.7. The van der Waals surface area contributed by atoms with Gasteiger partial charge in [0.15, 0.2) is 0 Å². The zero-order valence-electron chi connectivity index (χ0n) is 13.6. The van der Waals surface area contributed by atoms with Crippen molar-refractivity contribution in [3.8, 4) is 0 Å². The fourth-order valence-electron chi connectivity index (χ4n) is 1.59. The molecule has 6 heteroatoms. The van der Waals surface area contributed by atoms with Crippen LogP contribution in [0.3, 0.4) is 0 Å². The second-order valence-electron chi connectivity index (χ2n) is 6.55. The molecule has 1 atom stereocenters. The van der Waals surface area contributed by atoms with Crippen LogP contribution in [-0.4, -0.2) is 34.9 Å². The van der Waals surface area contributed by atoms with Gasteiger partial charge in [0.25, 0.3) is 0 Å². The highest BCUT2D eigenvalue weighted by molar-refractivity contribution is 6.28. The summed E-state index contributed by atoms with van der Waals surface area (Å²) in [7, 11) is 0. The molecule has 0 aliphatic rings. The molecule has 21 heavy (non-hydrogen) atoms. The van der Waals surface area contributed by atoms with Crippen LogP contribution in [0.15, 0.2) is 12.2 Å². The summed E-state index contributed by atoms with van der Waals surface area (Å²) in [6.45, 7) is 11.5. The van der Waals surface area contributed by atoms with E-state index < -0.39 is 17.5 Å². The van der Waals surface area contributed by atoms with Gasteiger partial charge in [0.1, 0.15) is 6.61 Å². The van der Waals surface area contributed by atoms with E-state index in [-0.39, 0.29) is 18.1 Å². The molecule has 0 spiro atoms. The summed E-state index contributed by atoms with van der Waals surface area (Å²) >= 11 is 0. The average molecular weight is 302 g/mol. The molecule has 0 aromatic heterocycles. The van der Waals surface area contributed by atoms with Crippen LogP contribution in [0.5, 0.6) is 0 Å². The van der Waals surface area contributed by atoms with E-state index in [2.05, 4.69) is 4.74 Å². The van der Waals surface area contributed by atoms with E-state index in [1.54, 1.807) is 6.08 Å². The number of rotatable bonds is 7. The Balaban J connectivity index is 4.14. The molecule has 0 rings (SSSR count). The minimum absolute atomic E-state index is 0.0603. The molecule has 0 radical (unpaired) electrons. The standard InChI is InChI=1S/C15H26O6/c1-11(8-7-9-19-13(18)12(16)17)10-15(5,6)21-20-14(2,3)4/h7-8,11H,9-10H2,1-6H3,(H,16,17). The maximum Gasteiger partial charge on any atom is 0.417 e. The largest absolute Gasteiger partial charge is 0.473 e. The van der Waals surface area contributed by atoms with Gasteiger partial charge in [-0.2, -0.15) is 0 Å². The predicted octanol–water partition coefficient (Wildman–Crippen LogP) is 2.72. The van der Waals surface area contributed by atoms with E-state index in [0.29, 0.717) is 6.42 Å². The lowest BCUT2D eigenvalue weighted by Crippen LogP contribution is -2.32. The number of hydrogen-bond acceptors (Lipinski definition) is 5. The van der Waals surface area contributed by atoms with Crippen molar-refractivity contribution in [1.29, 1.82) is 0 Å². The third-order valence-corrected chi connectivity index (χ3v) is 2.28. The van der Waals surface area contributed by atoms with E-state index in [0.717, 1.165) is 0 Å². The van der Waals surface area contributed by atoms with Crippen LogP contribution in [0.1, 0.15) is 48.0 Å². The molecule has 0 saturated carbocycles. The lowest BCUT2D eigenvalue weighted by molar-refractivity contribution is -0.398. The van der Waals surface area contributed by atoms with E-state index >= 15 is 0 Å². The molecule has 0 aromatic rings. The van der Waals surface area contributed by atoms with Crippen molar-refractivity contribution in [2.24, 2.45) is 5.92 Å². The first kappa shape index (κ1) is 19.6. The number of ether oxygens (including phenoxy) is 1. The van der Waals surface area contributed by atoms with Crippen LogP contribution >= 0.6 is 0 Å². The van der Waals surface area contributed by atoms with E-state index in [1.807, 2.05) is 47.6 Å². The van der Waals surface area contributed by atoms with Gasteiger partial charge in [-0.1, -0.05) is 19.1 Å². The van der Waals surface area contributed by atoms with Crippen LogP contribution in [0.4, 0.5) is 0 Å². The van der Waals surface area contributed by atoms with Crippen LogP contribution in [0.2, 0.25) is 0 Å². The Morgan fingerprint density at radius 2 is 1.71 bits per heavy atom. The molecule has 0 bridgehead atoms. The van der Waals surface area contributed by atoms with Crippen molar-refractivity contribution in [3.63, 3.8) is 0 Å². The fraction of sp³-hybridized carbons (Fsp3) is 0.733. The Bertz CT molecular complexity index is 378. The first-order valence-corrected chi connectivity index (χ1v) is 6.86. The smallest absolute Gasteiger partial charge is 0.417 e. The molecule has 0 aliphatic heterocycles. The molecular formula is C15H26O6. The molecule has 0 amide bonds.